The fraction of sp³-hybridized carbons (Fsp3) is 0.944. The van der Waals surface area contributed by atoms with Crippen molar-refractivity contribution in [2.24, 2.45) is 23.5 Å². The van der Waals surface area contributed by atoms with Gasteiger partial charge in [0.05, 0.1) is 5.92 Å². The molecule has 0 aromatic heterocycles. The van der Waals surface area contributed by atoms with E-state index in [4.69, 9.17) is 5.73 Å². The van der Waals surface area contributed by atoms with Crippen LogP contribution in [0.4, 0.5) is 0 Å². The molecule has 154 valence electrons. The molecule has 0 aromatic rings. The highest BCUT2D eigenvalue weighted by atomic mass is 32.2. The zero-order chi connectivity index (χ0) is 19.7. The Morgan fingerprint density at radius 1 is 1.19 bits per heavy atom. The Balaban J connectivity index is 2.82. The summed E-state index contributed by atoms with van der Waals surface area (Å²) in [5, 5.41) is 2.78. The minimum absolute atomic E-state index is 0.0914. The minimum atomic E-state index is -3.54. The second-order valence-electron chi connectivity index (χ2n) is 8.05. The van der Waals surface area contributed by atoms with Crippen molar-refractivity contribution in [1.29, 1.82) is 0 Å². The predicted octanol–water partition coefficient (Wildman–Crippen LogP) is 1.41. The van der Waals surface area contributed by atoms with Crippen LogP contribution in [-0.4, -0.2) is 62.2 Å². The molecule has 0 bridgehead atoms. The average Bonchev–Trinajstić information content (AvgIpc) is 2.59. The molecule has 1 saturated heterocycles. The fourth-order valence-corrected chi connectivity index (χ4v) is 4.74. The third-order valence-corrected chi connectivity index (χ3v) is 6.76. The summed E-state index contributed by atoms with van der Waals surface area (Å²) in [4.78, 5) is 12.2. The third-order valence-electron chi connectivity index (χ3n) is 4.76. The van der Waals surface area contributed by atoms with E-state index < -0.39 is 10.2 Å². The Labute approximate surface area is 159 Å². The number of rotatable bonds is 11. The summed E-state index contributed by atoms with van der Waals surface area (Å²) in [6.45, 7) is 11.0. The van der Waals surface area contributed by atoms with Crippen LogP contribution in [0.25, 0.3) is 0 Å². The lowest BCUT2D eigenvalue weighted by Gasteiger charge is -2.35. The monoisotopic (exact) mass is 390 g/mol. The van der Waals surface area contributed by atoms with Crippen LogP contribution in [0.5, 0.6) is 0 Å². The lowest BCUT2D eigenvalue weighted by molar-refractivity contribution is -0.126. The number of carbonyl (C=O) groups excluding carboxylic acids is 1. The smallest absolute Gasteiger partial charge is 0.281 e. The molecule has 1 rings (SSSR count). The summed E-state index contributed by atoms with van der Waals surface area (Å²) >= 11 is 0. The first-order valence-corrected chi connectivity index (χ1v) is 11.3. The molecule has 0 aromatic carbocycles. The van der Waals surface area contributed by atoms with Crippen LogP contribution in [0.1, 0.15) is 53.4 Å². The average molecular weight is 391 g/mol. The number of amides is 1. The van der Waals surface area contributed by atoms with E-state index in [0.29, 0.717) is 51.0 Å². The Hall–Kier alpha value is -0.700. The van der Waals surface area contributed by atoms with E-state index in [1.165, 1.54) is 4.31 Å². The van der Waals surface area contributed by atoms with E-state index in [1.807, 2.05) is 0 Å². The molecule has 1 aliphatic rings. The highest BCUT2D eigenvalue weighted by Crippen LogP contribution is 2.22. The van der Waals surface area contributed by atoms with Crippen LogP contribution in [0.15, 0.2) is 0 Å². The maximum absolute atomic E-state index is 13.2. The van der Waals surface area contributed by atoms with E-state index in [-0.39, 0.29) is 18.4 Å². The molecule has 0 spiro atoms. The maximum atomic E-state index is 13.2. The summed E-state index contributed by atoms with van der Waals surface area (Å²) in [6.07, 6.45) is 3.11. The van der Waals surface area contributed by atoms with E-state index in [0.717, 1.165) is 19.3 Å². The van der Waals surface area contributed by atoms with Crippen molar-refractivity contribution < 1.29 is 13.2 Å². The van der Waals surface area contributed by atoms with Crippen LogP contribution >= 0.6 is 0 Å². The van der Waals surface area contributed by atoms with Gasteiger partial charge in [0.2, 0.25) is 5.91 Å². The van der Waals surface area contributed by atoms with Gasteiger partial charge in [0, 0.05) is 39.3 Å². The Kier molecular flexibility index (Phi) is 10.1. The van der Waals surface area contributed by atoms with Gasteiger partial charge in [-0.05, 0) is 37.5 Å². The lowest BCUT2D eigenvalue weighted by Crippen LogP contribution is -2.51. The van der Waals surface area contributed by atoms with E-state index in [2.05, 4.69) is 33.0 Å². The SMILES string of the molecule is CC(C)CCN(CCC(C)C)S(=O)(=O)N1CCCC(C(=O)NCCN)C1. The van der Waals surface area contributed by atoms with Gasteiger partial charge in [-0.1, -0.05) is 27.7 Å². The third kappa shape index (κ3) is 7.50. The second-order valence-corrected chi connectivity index (χ2v) is 9.98. The standard InChI is InChI=1S/C18H38N4O3S/c1-15(2)7-12-21(13-8-16(3)4)26(24,25)22-11-5-6-17(14-22)18(23)20-10-9-19/h15-17H,5-14,19H2,1-4H3,(H,20,23). The molecule has 1 fully saturated rings. The van der Waals surface area contributed by atoms with Crippen molar-refractivity contribution in [3.63, 3.8) is 0 Å². The minimum Gasteiger partial charge on any atom is -0.355 e. The van der Waals surface area contributed by atoms with Gasteiger partial charge in [0.15, 0.2) is 0 Å². The second kappa shape index (κ2) is 11.2. The molecule has 3 N–H and O–H groups in total. The summed E-state index contributed by atoms with van der Waals surface area (Å²) in [5.74, 6) is 0.513. The number of hydrogen-bond donors (Lipinski definition) is 2. The van der Waals surface area contributed by atoms with Crippen molar-refractivity contribution in [2.45, 2.75) is 53.4 Å². The normalized spacial score (nSPS) is 19.5. The number of nitrogens with one attached hydrogen (secondary N) is 1. The van der Waals surface area contributed by atoms with Crippen LogP contribution in [-0.2, 0) is 15.0 Å². The number of piperidine rings is 1. The zero-order valence-corrected chi connectivity index (χ0v) is 17.7. The molecule has 1 aliphatic heterocycles. The molecule has 0 radical (unpaired) electrons. The fourth-order valence-electron chi connectivity index (χ4n) is 3.02. The van der Waals surface area contributed by atoms with Gasteiger partial charge < -0.3 is 11.1 Å². The van der Waals surface area contributed by atoms with Crippen molar-refractivity contribution in [3.05, 3.63) is 0 Å². The molecular weight excluding hydrogens is 352 g/mol. The molecule has 8 heteroatoms. The van der Waals surface area contributed by atoms with Gasteiger partial charge in [-0.15, -0.1) is 0 Å². The Morgan fingerprint density at radius 2 is 1.77 bits per heavy atom. The topological polar surface area (TPSA) is 95.7 Å². The number of nitrogens with two attached hydrogens (primary N) is 1. The highest BCUT2D eigenvalue weighted by molar-refractivity contribution is 7.86. The summed E-state index contributed by atoms with van der Waals surface area (Å²) in [7, 11) is -3.54. The van der Waals surface area contributed by atoms with Gasteiger partial charge >= 0.3 is 0 Å². The van der Waals surface area contributed by atoms with Gasteiger partial charge in [-0.25, -0.2) is 0 Å². The van der Waals surface area contributed by atoms with Gasteiger partial charge in [-0.3, -0.25) is 4.79 Å². The summed E-state index contributed by atoms with van der Waals surface area (Å²) < 4.78 is 29.5. The van der Waals surface area contributed by atoms with Crippen molar-refractivity contribution >= 4 is 16.1 Å². The first kappa shape index (κ1) is 23.3. The molecule has 1 atom stereocenters. The largest absolute Gasteiger partial charge is 0.355 e. The lowest BCUT2D eigenvalue weighted by atomic mass is 9.99. The van der Waals surface area contributed by atoms with E-state index in [9.17, 15) is 13.2 Å². The summed E-state index contributed by atoms with van der Waals surface area (Å²) in [6, 6.07) is 0. The zero-order valence-electron chi connectivity index (χ0n) is 16.9. The Morgan fingerprint density at radius 3 is 2.27 bits per heavy atom. The van der Waals surface area contributed by atoms with E-state index in [1.54, 1.807) is 4.31 Å². The van der Waals surface area contributed by atoms with Gasteiger partial charge in [0.1, 0.15) is 0 Å². The highest BCUT2D eigenvalue weighted by Gasteiger charge is 2.35. The van der Waals surface area contributed by atoms with Crippen molar-refractivity contribution in [2.75, 3.05) is 39.3 Å². The van der Waals surface area contributed by atoms with Crippen molar-refractivity contribution in [1.82, 2.24) is 13.9 Å². The van der Waals surface area contributed by atoms with E-state index >= 15 is 0 Å². The van der Waals surface area contributed by atoms with Crippen LogP contribution in [0.3, 0.4) is 0 Å². The number of nitrogens with zero attached hydrogens (tertiary/aromatic N) is 2. The Bertz CT molecular complexity index is 511. The molecule has 0 saturated carbocycles. The first-order valence-electron chi connectivity index (χ1n) is 9.91. The molecule has 1 heterocycles. The van der Waals surface area contributed by atoms with Crippen LogP contribution < -0.4 is 11.1 Å². The molecule has 26 heavy (non-hydrogen) atoms. The van der Waals surface area contributed by atoms with Gasteiger partial charge in [-0.2, -0.15) is 17.0 Å². The molecule has 1 amide bonds. The number of hydrogen-bond acceptors (Lipinski definition) is 4. The van der Waals surface area contributed by atoms with Crippen molar-refractivity contribution in [3.8, 4) is 0 Å². The molecule has 7 nitrogen and oxygen atoms in total. The first-order chi connectivity index (χ1) is 12.2. The van der Waals surface area contributed by atoms with Crippen LogP contribution in [0, 0.1) is 17.8 Å². The maximum Gasteiger partial charge on any atom is 0.281 e. The predicted molar refractivity (Wildman–Crippen MR) is 106 cm³/mol. The number of carbonyl (C=O) groups is 1. The molecular formula is C18H38N4O3S. The van der Waals surface area contributed by atoms with Crippen LogP contribution in [0.2, 0.25) is 0 Å². The quantitative estimate of drug-likeness (QED) is 0.557. The molecule has 0 aliphatic carbocycles. The summed E-state index contributed by atoms with van der Waals surface area (Å²) in [5.41, 5.74) is 5.43. The molecule has 1 unspecified atom stereocenters. The van der Waals surface area contributed by atoms with Gasteiger partial charge in [0.25, 0.3) is 10.2 Å².